The van der Waals surface area contributed by atoms with Crippen molar-refractivity contribution >= 4 is 35.5 Å². The molecule has 0 aromatic carbocycles. The Balaban J connectivity index is 1.17. The first kappa shape index (κ1) is 85.5. The number of hydrogen-bond acceptors (Lipinski definition) is 31. The molecule has 30 atom stereocenters. The molecule has 0 aromatic heterocycles. The molecule has 0 aliphatic carbocycles. The van der Waals surface area contributed by atoms with Gasteiger partial charge < -0.3 is 149 Å². The summed E-state index contributed by atoms with van der Waals surface area (Å²) in [6.45, 7) is 4.63. The molecule has 0 saturated carbocycles. The number of methoxy groups -OCH3 is 1. The summed E-state index contributed by atoms with van der Waals surface area (Å²) in [5, 5.41) is 149. The highest BCUT2D eigenvalue weighted by Crippen LogP contribution is 2.37. The van der Waals surface area contributed by atoms with Crippen LogP contribution in [0.4, 0.5) is 0 Å². The highest BCUT2D eigenvalue weighted by molar-refractivity contribution is 5.76. The number of amides is 5. The Labute approximate surface area is 586 Å². The summed E-state index contributed by atoms with van der Waals surface area (Å²) >= 11 is 0. The molecular weight excluding hydrogens is 1350 g/mol. The smallest absolute Gasteiger partial charge is 0.302 e. The molecule has 17 N–H and O–H groups in total. The quantitative estimate of drug-likeness (QED) is 0.0157. The number of carbonyl (C=O) groups is 6. The van der Waals surface area contributed by atoms with Gasteiger partial charge in [-0.3, -0.25) is 28.8 Å². The first-order valence-corrected chi connectivity index (χ1v) is 34.9. The van der Waals surface area contributed by atoms with E-state index in [9.17, 15) is 90.0 Å². The molecule has 0 spiro atoms. The molecule has 0 radical (unpaired) electrons. The molecule has 6 rings (SSSR count). The lowest BCUT2D eigenvalue weighted by molar-refractivity contribution is -0.368. The molecule has 6 fully saturated rings. The van der Waals surface area contributed by atoms with Gasteiger partial charge in [-0.15, -0.1) is 0 Å². The van der Waals surface area contributed by atoms with Crippen molar-refractivity contribution < 1.29 is 152 Å². The van der Waals surface area contributed by atoms with Crippen molar-refractivity contribution in [3.05, 3.63) is 12.2 Å². The van der Waals surface area contributed by atoms with Crippen LogP contribution in [0.25, 0.3) is 0 Å². The van der Waals surface area contributed by atoms with Crippen LogP contribution in [-0.4, -0.2) is 321 Å². The van der Waals surface area contributed by atoms with Gasteiger partial charge in [-0.1, -0.05) is 70.4 Å². The first-order chi connectivity index (χ1) is 48.1. The third kappa shape index (κ3) is 24.1. The number of aliphatic hydroxyl groups excluding tert-OH is 12. The van der Waals surface area contributed by atoms with E-state index < -0.39 is 252 Å². The minimum absolute atomic E-state index is 0.00347. The number of ether oxygens (including phenoxy) is 13. The zero-order valence-electron chi connectivity index (χ0n) is 58.5. The Kier molecular flexibility index (Phi) is 35.6. The van der Waals surface area contributed by atoms with E-state index in [0.717, 1.165) is 86.0 Å². The molecule has 6 aliphatic rings. The van der Waals surface area contributed by atoms with Crippen LogP contribution in [0.2, 0.25) is 0 Å². The molecule has 582 valence electrons. The molecule has 6 saturated heterocycles. The number of nitrogens with one attached hydrogen (secondary N) is 5. The van der Waals surface area contributed by atoms with Gasteiger partial charge in [0, 0.05) is 48.1 Å². The van der Waals surface area contributed by atoms with Gasteiger partial charge >= 0.3 is 5.97 Å². The van der Waals surface area contributed by atoms with E-state index in [1.54, 1.807) is 0 Å². The Bertz CT molecular complexity index is 2570. The molecule has 36 heteroatoms. The number of aliphatic hydroxyl groups is 12. The number of unbranched alkanes of at least 4 members (excludes halogenated alkanes) is 11. The fraction of sp³-hybridized carbons (Fsp3) is 0.877. The first-order valence-electron chi connectivity index (χ1n) is 34.9. The Morgan fingerprint density at radius 2 is 0.782 bits per heavy atom. The average molecular weight is 1460 g/mol. The summed E-state index contributed by atoms with van der Waals surface area (Å²) in [7, 11) is 1.21. The number of carbonyl (C=O) groups excluding carboxylic acids is 6. The van der Waals surface area contributed by atoms with Crippen molar-refractivity contribution in [3.8, 4) is 0 Å². The fourth-order valence-electron chi connectivity index (χ4n) is 13.2. The number of rotatable bonds is 37. The molecule has 101 heavy (non-hydrogen) atoms. The van der Waals surface area contributed by atoms with Crippen LogP contribution < -0.4 is 26.6 Å². The van der Waals surface area contributed by atoms with E-state index in [1.807, 2.05) is 0 Å². The van der Waals surface area contributed by atoms with Crippen LogP contribution in [0.3, 0.4) is 0 Å². The Hall–Kier alpha value is -4.40. The third-order valence-corrected chi connectivity index (χ3v) is 18.5. The van der Waals surface area contributed by atoms with Crippen LogP contribution in [0.15, 0.2) is 12.2 Å². The van der Waals surface area contributed by atoms with Crippen LogP contribution in [0, 0.1) is 0 Å². The maximum absolute atomic E-state index is 13.6. The lowest BCUT2D eigenvalue weighted by Gasteiger charge is -2.51. The van der Waals surface area contributed by atoms with Crippen molar-refractivity contribution in [2.75, 3.05) is 40.1 Å². The maximum atomic E-state index is 13.6. The van der Waals surface area contributed by atoms with Crippen molar-refractivity contribution in [1.82, 2.24) is 26.6 Å². The number of hydrogen-bond donors (Lipinski definition) is 17. The van der Waals surface area contributed by atoms with E-state index >= 15 is 0 Å². The van der Waals surface area contributed by atoms with Crippen molar-refractivity contribution in [1.29, 1.82) is 0 Å². The molecule has 18 unspecified atom stereocenters. The van der Waals surface area contributed by atoms with Gasteiger partial charge in [-0.05, 0) is 39.0 Å². The zero-order chi connectivity index (χ0) is 74.4. The van der Waals surface area contributed by atoms with Gasteiger partial charge in [0.05, 0.1) is 32.5 Å². The van der Waals surface area contributed by atoms with Gasteiger partial charge in [0.2, 0.25) is 29.5 Å². The Morgan fingerprint density at radius 1 is 0.396 bits per heavy atom. The molecule has 0 aromatic rings. The summed E-state index contributed by atoms with van der Waals surface area (Å²) in [4.78, 5) is 76.7. The van der Waals surface area contributed by atoms with Crippen molar-refractivity contribution in [2.24, 2.45) is 0 Å². The van der Waals surface area contributed by atoms with E-state index in [1.165, 1.54) is 39.7 Å². The highest BCUT2D eigenvalue weighted by atomic mass is 16.8. The SMILES string of the molecule is CCCCCC/C=C\CCCCCCCCCC(=O)NC1C(O)[C@H](O)C(COC(C)=O)O[C@H]1O[C@@H]1C(CO)O[C@@H](O[C@@H]2C(CO)O[C@@H](O[C@@H]3C(CO)O[C@@H](O[C@@H]4C(CO[C@@H]5OC(C)[C@@H](O)C(O)C5OC)O[C@@H](O)C(NC(C)=O)C4O)C(NC(C)=O)C3O)C(NC(C)=O)C2O)C(NC(C)=O)C1O. The van der Waals surface area contributed by atoms with Crippen molar-refractivity contribution in [3.63, 3.8) is 0 Å². The van der Waals surface area contributed by atoms with Crippen molar-refractivity contribution in [2.45, 2.75) is 322 Å². The van der Waals surface area contributed by atoms with E-state index in [-0.39, 0.29) is 6.42 Å². The molecular formula is C65H111N5O31. The molecule has 6 heterocycles. The molecule has 6 aliphatic heterocycles. The summed E-state index contributed by atoms with van der Waals surface area (Å²) in [6, 6.07) is -8.44. The standard InChI is InChI=1S/C65H111N5O31/c1-9-10-11-12-13-14-15-16-17-18-19-20-21-22-23-24-41(79)70-43-49(82)48(81)39(28-90-35(7)78)97-61(43)98-55-36(25-71)94-62(44(51(55)84)67-32(4)75)99-56-37(26-72)95-63(45(52(56)85)68-33(5)76)100-57-38(27-73)96-64(46(53(57)86)69-34(6)77)101-58-40(93-60(88)42(50(58)83)66-31(3)74)29-91-65-59(89-8)54(87)47(80)30(2)92-65/h14-15,30,36-40,42-65,71-73,80-88H,9-13,16-29H2,1-8H3,(H,66,74)(H,67,75)(H,68,76)(H,69,77)(H,70,79)/b15-14-/t30?,36?,37?,38?,39?,40?,42?,43?,44?,45?,46?,47-,48-,49?,50?,51?,52?,53?,54?,55-,56-,57-,58-,59?,60-,61+,62+,63+,64+,65-/m1/s1. The van der Waals surface area contributed by atoms with Crippen LogP contribution in [-0.2, 0) is 90.3 Å². The Morgan fingerprint density at radius 3 is 1.20 bits per heavy atom. The van der Waals surface area contributed by atoms with Crippen LogP contribution in [0.5, 0.6) is 0 Å². The topological polar surface area (TPSA) is 525 Å². The molecule has 36 nitrogen and oxygen atoms in total. The van der Waals surface area contributed by atoms with Gasteiger partial charge in [0.15, 0.2) is 37.7 Å². The number of esters is 1. The zero-order valence-corrected chi connectivity index (χ0v) is 58.5. The average Bonchev–Trinajstić information content (AvgIpc) is 0.772. The van der Waals surface area contributed by atoms with E-state index in [4.69, 9.17) is 61.6 Å². The lowest BCUT2D eigenvalue weighted by Crippen LogP contribution is -2.72. The largest absolute Gasteiger partial charge is 0.463 e. The summed E-state index contributed by atoms with van der Waals surface area (Å²) in [5.41, 5.74) is 0. The minimum atomic E-state index is -2.06. The second-order valence-corrected chi connectivity index (χ2v) is 26.5. The summed E-state index contributed by atoms with van der Waals surface area (Å²) in [5.74, 6) is -4.53. The lowest BCUT2D eigenvalue weighted by atomic mass is 9.93. The van der Waals surface area contributed by atoms with Gasteiger partial charge in [0.25, 0.3) is 0 Å². The van der Waals surface area contributed by atoms with Crippen LogP contribution in [0.1, 0.15) is 138 Å². The third-order valence-electron chi connectivity index (χ3n) is 18.5. The van der Waals surface area contributed by atoms with Crippen LogP contribution >= 0.6 is 0 Å². The normalized spacial score (nSPS) is 39.0. The van der Waals surface area contributed by atoms with E-state index in [0.29, 0.717) is 6.42 Å². The number of allylic oxidation sites excluding steroid dienone is 2. The predicted molar refractivity (Wildman–Crippen MR) is 344 cm³/mol. The maximum Gasteiger partial charge on any atom is 0.302 e. The summed E-state index contributed by atoms with van der Waals surface area (Å²) < 4.78 is 77.4. The monoisotopic (exact) mass is 1460 g/mol. The molecule has 0 bridgehead atoms. The fourth-order valence-corrected chi connectivity index (χ4v) is 13.2. The molecule has 5 amide bonds. The van der Waals surface area contributed by atoms with Gasteiger partial charge in [-0.25, -0.2) is 0 Å². The van der Waals surface area contributed by atoms with E-state index in [2.05, 4.69) is 45.7 Å². The predicted octanol–water partition coefficient (Wildman–Crippen LogP) is -5.11. The highest BCUT2D eigenvalue weighted by Gasteiger charge is 2.58. The minimum Gasteiger partial charge on any atom is -0.463 e. The van der Waals surface area contributed by atoms with Gasteiger partial charge in [-0.2, -0.15) is 0 Å². The second-order valence-electron chi connectivity index (χ2n) is 26.5. The second kappa shape index (κ2) is 42.1. The van der Waals surface area contributed by atoms with Gasteiger partial charge in [0.1, 0.15) is 147 Å². The summed E-state index contributed by atoms with van der Waals surface area (Å²) in [6.07, 6.45) is -25.3.